The van der Waals surface area contributed by atoms with Crippen molar-refractivity contribution in [1.29, 1.82) is 0 Å². The van der Waals surface area contributed by atoms with Gasteiger partial charge in [-0.05, 0) is 23.7 Å². The Balaban J connectivity index is 0.00000144. The van der Waals surface area contributed by atoms with E-state index in [4.69, 9.17) is 5.73 Å². The first-order valence-corrected chi connectivity index (χ1v) is 5.91. The van der Waals surface area contributed by atoms with E-state index in [1.807, 2.05) is 0 Å². The van der Waals surface area contributed by atoms with E-state index < -0.39 is 0 Å². The molecule has 0 spiro atoms. The van der Waals surface area contributed by atoms with Crippen molar-refractivity contribution in [2.24, 2.45) is 16.6 Å². The van der Waals surface area contributed by atoms with E-state index in [1.165, 1.54) is 12.8 Å². The molecule has 13 heavy (non-hydrogen) atoms. The molecule has 0 bridgehead atoms. The molecule has 0 amide bonds. The van der Waals surface area contributed by atoms with Gasteiger partial charge in [-0.2, -0.15) is 0 Å². The molecular weight excluding hydrogens is 317 g/mol. The maximum atomic E-state index is 6.02. The van der Waals surface area contributed by atoms with Crippen LogP contribution in [-0.2, 0) is 17.1 Å². The van der Waals surface area contributed by atoms with Gasteiger partial charge in [0.15, 0.2) is 0 Å². The summed E-state index contributed by atoms with van der Waals surface area (Å²) in [5.41, 5.74) is 6.82. The monoisotopic (exact) mass is 337 g/mol. The zero-order valence-electron chi connectivity index (χ0n) is 8.88. The fourth-order valence-electron chi connectivity index (χ4n) is 1.99. The van der Waals surface area contributed by atoms with Gasteiger partial charge in [-0.15, -0.1) is 0 Å². The van der Waals surface area contributed by atoms with Gasteiger partial charge in [0, 0.05) is 27.0 Å². The van der Waals surface area contributed by atoms with Crippen LogP contribution in [0.2, 0.25) is 0 Å². The molecule has 1 saturated carbocycles. The van der Waals surface area contributed by atoms with Gasteiger partial charge >= 0.3 is 0 Å². The molecule has 1 rings (SSSR count). The van der Waals surface area contributed by atoms with Gasteiger partial charge in [0.1, 0.15) is 0 Å². The maximum absolute atomic E-state index is 6.02. The standard InChI is InChI=1S/C10H20IN.Fe/c1-9(2)6-7(12)5-8(11)10(9,3)4;/h7-8H,5-6,12H2,1-4H3;. The first-order chi connectivity index (χ1) is 5.27. The predicted molar refractivity (Wildman–Crippen MR) is 62.6 cm³/mol. The second-order valence-electron chi connectivity index (χ2n) is 5.27. The maximum Gasteiger partial charge on any atom is 0.0181 e. The van der Waals surface area contributed by atoms with Gasteiger partial charge in [-0.1, -0.05) is 50.3 Å². The number of hydrogen-bond acceptors (Lipinski definition) is 1. The number of nitrogens with two attached hydrogens (primary N) is 1. The second-order valence-corrected chi connectivity index (χ2v) is 6.78. The minimum Gasteiger partial charge on any atom is -0.328 e. The molecule has 80 valence electrons. The summed E-state index contributed by atoms with van der Waals surface area (Å²) in [5, 5.41) is 0. The Morgan fingerprint density at radius 3 is 2.08 bits per heavy atom. The average molecular weight is 337 g/mol. The molecule has 0 aromatic carbocycles. The van der Waals surface area contributed by atoms with Crippen molar-refractivity contribution in [3.05, 3.63) is 0 Å². The Morgan fingerprint density at radius 2 is 1.69 bits per heavy atom. The second kappa shape index (κ2) is 4.38. The minimum absolute atomic E-state index is 0. The normalized spacial score (nSPS) is 36.5. The SMILES string of the molecule is CC1(C)CC(N)CC(I)C1(C)C.[Fe]. The minimum atomic E-state index is 0. The van der Waals surface area contributed by atoms with E-state index in [1.54, 1.807) is 0 Å². The summed E-state index contributed by atoms with van der Waals surface area (Å²) in [7, 11) is 0. The summed E-state index contributed by atoms with van der Waals surface area (Å²) in [4.78, 5) is 0. The summed E-state index contributed by atoms with van der Waals surface area (Å²) in [5.74, 6) is 0. The van der Waals surface area contributed by atoms with E-state index in [9.17, 15) is 0 Å². The van der Waals surface area contributed by atoms with Crippen molar-refractivity contribution in [3.8, 4) is 0 Å². The van der Waals surface area contributed by atoms with Crippen LogP contribution in [0.1, 0.15) is 40.5 Å². The van der Waals surface area contributed by atoms with E-state index in [2.05, 4.69) is 50.3 Å². The molecule has 2 atom stereocenters. The van der Waals surface area contributed by atoms with E-state index in [-0.39, 0.29) is 17.1 Å². The fourth-order valence-corrected chi connectivity index (χ4v) is 3.48. The molecule has 1 nitrogen and oxygen atoms in total. The summed E-state index contributed by atoms with van der Waals surface area (Å²) >= 11 is 2.56. The third-order valence-electron chi connectivity index (χ3n) is 3.81. The molecule has 0 radical (unpaired) electrons. The largest absolute Gasteiger partial charge is 0.328 e. The summed E-state index contributed by atoms with van der Waals surface area (Å²) in [6.45, 7) is 9.43. The van der Waals surface area contributed by atoms with Gasteiger partial charge < -0.3 is 5.73 Å². The van der Waals surface area contributed by atoms with Crippen molar-refractivity contribution in [1.82, 2.24) is 0 Å². The average Bonchev–Trinajstić information content (AvgIpc) is 1.82. The molecular formula is C10H20FeIN. The van der Waals surface area contributed by atoms with Gasteiger partial charge in [0.25, 0.3) is 0 Å². The van der Waals surface area contributed by atoms with Gasteiger partial charge in [0.2, 0.25) is 0 Å². The molecule has 1 aliphatic rings. The van der Waals surface area contributed by atoms with Crippen LogP contribution >= 0.6 is 22.6 Å². The molecule has 3 heteroatoms. The molecule has 0 saturated heterocycles. The van der Waals surface area contributed by atoms with Crippen LogP contribution in [0, 0.1) is 10.8 Å². The number of alkyl halides is 1. The van der Waals surface area contributed by atoms with Crippen LogP contribution in [0.3, 0.4) is 0 Å². The Labute approximate surface area is 106 Å². The third kappa shape index (κ3) is 2.61. The van der Waals surface area contributed by atoms with Crippen LogP contribution in [-0.4, -0.2) is 9.97 Å². The molecule has 0 aliphatic heterocycles. The van der Waals surface area contributed by atoms with Gasteiger partial charge in [0.05, 0.1) is 0 Å². The van der Waals surface area contributed by atoms with Crippen molar-refractivity contribution in [3.63, 3.8) is 0 Å². The van der Waals surface area contributed by atoms with Gasteiger partial charge in [-0.25, -0.2) is 0 Å². The number of rotatable bonds is 0. The predicted octanol–water partition coefficient (Wildman–Crippen LogP) is 2.96. The van der Waals surface area contributed by atoms with Crippen LogP contribution in [0.25, 0.3) is 0 Å². The molecule has 2 N–H and O–H groups in total. The molecule has 0 aromatic heterocycles. The third-order valence-corrected chi connectivity index (χ3v) is 5.88. The van der Waals surface area contributed by atoms with Crippen LogP contribution < -0.4 is 5.73 Å². The first kappa shape index (κ1) is 14.2. The number of halogens is 1. The zero-order valence-corrected chi connectivity index (χ0v) is 12.1. The molecule has 0 aromatic rings. The Bertz CT molecular complexity index is 180. The quantitative estimate of drug-likeness (QED) is 0.411. The van der Waals surface area contributed by atoms with Crippen LogP contribution in [0.5, 0.6) is 0 Å². The first-order valence-electron chi connectivity index (χ1n) is 4.67. The van der Waals surface area contributed by atoms with Crippen molar-refractivity contribution in [2.45, 2.75) is 50.5 Å². The molecule has 2 unspecified atom stereocenters. The summed E-state index contributed by atoms with van der Waals surface area (Å²) in [6, 6.07) is 0.412. The van der Waals surface area contributed by atoms with E-state index in [0.29, 0.717) is 20.8 Å². The Morgan fingerprint density at radius 1 is 1.23 bits per heavy atom. The number of hydrogen-bond donors (Lipinski definition) is 1. The van der Waals surface area contributed by atoms with Crippen molar-refractivity contribution in [2.75, 3.05) is 0 Å². The van der Waals surface area contributed by atoms with Crippen molar-refractivity contribution >= 4 is 22.6 Å². The smallest absolute Gasteiger partial charge is 0.0181 e. The van der Waals surface area contributed by atoms with E-state index in [0.717, 1.165) is 0 Å². The zero-order chi connectivity index (χ0) is 9.57. The molecule has 0 heterocycles. The topological polar surface area (TPSA) is 26.0 Å². The van der Waals surface area contributed by atoms with Crippen LogP contribution in [0.15, 0.2) is 0 Å². The summed E-state index contributed by atoms with van der Waals surface area (Å²) in [6.07, 6.45) is 2.34. The molecule has 1 aliphatic carbocycles. The fraction of sp³-hybridized carbons (Fsp3) is 1.00. The van der Waals surface area contributed by atoms with Crippen molar-refractivity contribution < 1.29 is 17.1 Å². The summed E-state index contributed by atoms with van der Waals surface area (Å²) < 4.78 is 0.717. The molecule has 1 fully saturated rings. The van der Waals surface area contributed by atoms with E-state index >= 15 is 0 Å². The Kier molecular flexibility index (Phi) is 4.78. The van der Waals surface area contributed by atoms with Gasteiger partial charge in [-0.3, -0.25) is 0 Å². The van der Waals surface area contributed by atoms with Crippen LogP contribution in [0.4, 0.5) is 0 Å². The Hall–Kier alpha value is 1.21.